The zero-order valence-electron chi connectivity index (χ0n) is 12.2. The number of nitrogens with zero attached hydrogens (tertiary/aromatic N) is 5. The van der Waals surface area contributed by atoms with Crippen molar-refractivity contribution in [2.45, 2.75) is 0 Å². The molecule has 5 nitrogen and oxygen atoms in total. The maximum atomic E-state index is 5.97. The summed E-state index contributed by atoms with van der Waals surface area (Å²) in [5.41, 5.74) is 1.02. The van der Waals surface area contributed by atoms with Crippen molar-refractivity contribution in [2.24, 2.45) is 7.05 Å². The van der Waals surface area contributed by atoms with E-state index in [4.69, 9.17) is 23.8 Å². The monoisotopic (exact) mass is 323 g/mol. The van der Waals surface area contributed by atoms with Gasteiger partial charge in [-0.2, -0.15) is 5.10 Å². The van der Waals surface area contributed by atoms with Gasteiger partial charge >= 0.3 is 0 Å². The molecule has 0 saturated carbocycles. The molecule has 0 spiro atoms. The Morgan fingerprint density at radius 2 is 1.67 bits per heavy atom. The second kappa shape index (κ2) is 5.79. The van der Waals surface area contributed by atoms with Crippen molar-refractivity contribution in [3.63, 3.8) is 0 Å². The Kier molecular flexibility index (Phi) is 4.01. The summed E-state index contributed by atoms with van der Waals surface area (Å²) in [7, 11) is 4.02. The molecule has 1 aliphatic rings. The third-order valence-electron chi connectivity index (χ3n) is 3.77. The molecule has 0 N–H and O–H groups in total. The highest BCUT2D eigenvalue weighted by molar-refractivity contribution is 7.71. The Morgan fingerprint density at radius 3 is 2.29 bits per heavy atom. The van der Waals surface area contributed by atoms with E-state index >= 15 is 0 Å². The van der Waals surface area contributed by atoms with Crippen LogP contribution in [0.4, 0.5) is 0 Å². The van der Waals surface area contributed by atoms with Gasteiger partial charge in [0.25, 0.3) is 0 Å². The molecule has 0 atom stereocenters. The van der Waals surface area contributed by atoms with E-state index in [-0.39, 0.29) is 0 Å². The smallest absolute Gasteiger partial charge is 0.217 e. The fourth-order valence-corrected chi connectivity index (χ4v) is 2.85. The van der Waals surface area contributed by atoms with Crippen LogP contribution < -0.4 is 5.01 Å². The standard InChI is InChI=1S/C14H18ClN5S/c1-17-7-9-19(10-8-17)20-13(16-18(2)14(20)21)11-3-5-12(15)6-4-11/h3-6H,7-10H2,1-2H3. The van der Waals surface area contributed by atoms with Gasteiger partial charge in [0.2, 0.25) is 4.77 Å². The molecule has 1 saturated heterocycles. The van der Waals surface area contributed by atoms with Crippen LogP contribution in [0.5, 0.6) is 0 Å². The van der Waals surface area contributed by atoms with Crippen LogP contribution in [0.25, 0.3) is 11.4 Å². The van der Waals surface area contributed by atoms with Crippen molar-refractivity contribution in [3.8, 4) is 11.4 Å². The molecule has 1 aromatic heterocycles. The van der Waals surface area contributed by atoms with Gasteiger partial charge in [0.1, 0.15) is 0 Å². The van der Waals surface area contributed by atoms with Gasteiger partial charge in [-0.15, -0.1) is 0 Å². The number of halogens is 1. The highest BCUT2D eigenvalue weighted by atomic mass is 35.5. The van der Waals surface area contributed by atoms with E-state index < -0.39 is 0 Å². The van der Waals surface area contributed by atoms with E-state index in [0.717, 1.165) is 42.6 Å². The minimum Gasteiger partial charge on any atom is -0.306 e. The van der Waals surface area contributed by atoms with E-state index in [2.05, 4.69) is 22.1 Å². The molecular formula is C14H18ClN5S. The first kappa shape index (κ1) is 14.6. The van der Waals surface area contributed by atoms with Crippen molar-refractivity contribution >= 4 is 23.8 Å². The van der Waals surface area contributed by atoms with Crippen LogP contribution in [0.2, 0.25) is 5.02 Å². The molecule has 0 radical (unpaired) electrons. The van der Waals surface area contributed by atoms with E-state index in [9.17, 15) is 0 Å². The Labute approximate surface area is 134 Å². The lowest BCUT2D eigenvalue weighted by atomic mass is 10.2. The summed E-state index contributed by atoms with van der Waals surface area (Å²) in [6.07, 6.45) is 0. The van der Waals surface area contributed by atoms with Gasteiger partial charge in [-0.1, -0.05) is 11.6 Å². The molecular weight excluding hydrogens is 306 g/mol. The number of likely N-dealkylation sites (N-methyl/N-ethyl adjacent to an activating group) is 1. The lowest BCUT2D eigenvalue weighted by Gasteiger charge is -2.34. The fourth-order valence-electron chi connectivity index (χ4n) is 2.48. The topological polar surface area (TPSA) is 29.2 Å². The molecule has 112 valence electrons. The average molecular weight is 324 g/mol. The first-order valence-corrected chi connectivity index (χ1v) is 7.70. The molecule has 7 heteroatoms. The summed E-state index contributed by atoms with van der Waals surface area (Å²) in [6, 6.07) is 7.71. The van der Waals surface area contributed by atoms with Gasteiger partial charge in [0, 0.05) is 43.8 Å². The Balaban J connectivity index is 2.03. The Bertz CT molecular complexity index is 682. The molecule has 0 amide bonds. The summed E-state index contributed by atoms with van der Waals surface area (Å²) in [4.78, 5) is 2.32. The normalized spacial score (nSPS) is 16.4. The number of rotatable bonds is 2. The van der Waals surface area contributed by atoms with Crippen LogP contribution in [0.1, 0.15) is 0 Å². The number of benzene rings is 1. The van der Waals surface area contributed by atoms with E-state index in [1.165, 1.54) is 0 Å². The predicted octanol–water partition coefficient (Wildman–Crippen LogP) is 2.15. The summed E-state index contributed by atoms with van der Waals surface area (Å²) in [5.74, 6) is 0.865. The van der Waals surface area contributed by atoms with Gasteiger partial charge in [0.15, 0.2) is 5.82 Å². The highest BCUT2D eigenvalue weighted by Crippen LogP contribution is 2.21. The van der Waals surface area contributed by atoms with Crippen molar-refractivity contribution in [2.75, 3.05) is 38.2 Å². The number of aryl methyl sites for hydroxylation is 1. The quantitative estimate of drug-likeness (QED) is 0.792. The number of hydrogen-bond acceptors (Lipinski definition) is 4. The van der Waals surface area contributed by atoms with Crippen molar-refractivity contribution in [3.05, 3.63) is 34.1 Å². The molecule has 0 unspecified atom stereocenters. The van der Waals surface area contributed by atoms with Gasteiger partial charge in [0.05, 0.1) is 0 Å². The second-order valence-corrected chi connectivity index (χ2v) is 6.11. The third-order valence-corrected chi connectivity index (χ3v) is 4.46. The summed E-state index contributed by atoms with van der Waals surface area (Å²) in [6.45, 7) is 3.93. The van der Waals surface area contributed by atoms with Crippen LogP contribution in [0, 0.1) is 4.77 Å². The maximum absolute atomic E-state index is 5.97. The second-order valence-electron chi connectivity index (χ2n) is 5.31. The molecule has 0 aliphatic carbocycles. The summed E-state index contributed by atoms with van der Waals surface area (Å²) < 4.78 is 4.51. The number of piperazine rings is 1. The first-order chi connectivity index (χ1) is 10.1. The molecule has 3 rings (SSSR count). The molecule has 0 bridgehead atoms. The van der Waals surface area contributed by atoms with E-state index in [0.29, 0.717) is 4.77 Å². The van der Waals surface area contributed by atoms with Gasteiger partial charge in [-0.25, -0.2) is 9.36 Å². The Morgan fingerprint density at radius 1 is 1.05 bits per heavy atom. The highest BCUT2D eigenvalue weighted by Gasteiger charge is 2.20. The molecule has 1 fully saturated rings. The van der Waals surface area contributed by atoms with Crippen LogP contribution in [-0.4, -0.2) is 52.6 Å². The lowest BCUT2D eigenvalue weighted by molar-refractivity contribution is 0.287. The first-order valence-electron chi connectivity index (χ1n) is 6.92. The molecule has 1 aliphatic heterocycles. The van der Waals surface area contributed by atoms with Gasteiger partial charge in [-0.05, 0) is 43.5 Å². The van der Waals surface area contributed by atoms with Crippen molar-refractivity contribution < 1.29 is 0 Å². The van der Waals surface area contributed by atoms with Gasteiger partial charge < -0.3 is 9.91 Å². The molecule has 1 aromatic carbocycles. The van der Waals surface area contributed by atoms with Crippen LogP contribution in [0.3, 0.4) is 0 Å². The fraction of sp³-hybridized carbons (Fsp3) is 0.429. The summed E-state index contributed by atoms with van der Waals surface area (Å²) in [5, 5.41) is 7.57. The average Bonchev–Trinajstić information content (AvgIpc) is 2.77. The third kappa shape index (κ3) is 2.84. The number of hydrogen-bond donors (Lipinski definition) is 0. The van der Waals surface area contributed by atoms with Crippen LogP contribution in [-0.2, 0) is 7.05 Å². The predicted molar refractivity (Wildman–Crippen MR) is 87.9 cm³/mol. The summed E-state index contributed by atoms with van der Waals surface area (Å²) >= 11 is 11.5. The van der Waals surface area contributed by atoms with E-state index in [1.54, 1.807) is 4.68 Å². The van der Waals surface area contributed by atoms with Crippen molar-refractivity contribution in [1.29, 1.82) is 0 Å². The Hall–Kier alpha value is -1.37. The molecule has 2 aromatic rings. The van der Waals surface area contributed by atoms with Crippen LogP contribution >= 0.6 is 23.8 Å². The van der Waals surface area contributed by atoms with Crippen molar-refractivity contribution in [1.82, 2.24) is 19.4 Å². The maximum Gasteiger partial charge on any atom is 0.217 e. The number of aromatic nitrogens is 3. The zero-order valence-corrected chi connectivity index (χ0v) is 13.7. The zero-order chi connectivity index (χ0) is 15.0. The van der Waals surface area contributed by atoms with Gasteiger partial charge in [-0.3, -0.25) is 0 Å². The minimum absolute atomic E-state index is 0.713. The SMILES string of the molecule is CN1CCN(n2c(-c3ccc(Cl)cc3)nn(C)c2=S)CC1. The van der Waals surface area contributed by atoms with E-state index in [1.807, 2.05) is 36.0 Å². The van der Waals surface area contributed by atoms with Crippen LogP contribution in [0.15, 0.2) is 24.3 Å². The largest absolute Gasteiger partial charge is 0.306 e. The minimum atomic E-state index is 0.713. The lowest BCUT2D eigenvalue weighted by Crippen LogP contribution is -2.50. The molecule has 21 heavy (non-hydrogen) atoms. The molecule has 2 heterocycles.